The molecule has 0 N–H and O–H groups in total. The minimum atomic E-state index is -0.354. The Morgan fingerprint density at radius 3 is 2.82 bits per heavy atom. The van der Waals surface area contributed by atoms with Crippen LogP contribution in [-0.2, 0) is 17.6 Å². The predicted molar refractivity (Wildman–Crippen MR) is 109 cm³/mol. The number of nitro benzene ring substituents is 1. The first-order chi connectivity index (χ1) is 13.7. The van der Waals surface area contributed by atoms with Crippen LogP contribution in [0.5, 0.6) is 0 Å². The molecule has 2 aliphatic rings. The number of anilines is 1. The summed E-state index contributed by atoms with van der Waals surface area (Å²) in [6.45, 7) is 2.42. The van der Waals surface area contributed by atoms with Gasteiger partial charge in [-0.2, -0.15) is 5.26 Å². The highest BCUT2D eigenvalue weighted by Crippen LogP contribution is 2.39. The van der Waals surface area contributed by atoms with Crippen molar-refractivity contribution in [1.82, 2.24) is 0 Å². The van der Waals surface area contributed by atoms with Gasteiger partial charge in [0, 0.05) is 30.2 Å². The molecule has 0 spiro atoms. The van der Waals surface area contributed by atoms with Gasteiger partial charge in [-0.05, 0) is 42.9 Å². The standard InChI is InChI=1S/C20H20N4O3S/c21-12-16-15-3-1-2-4-19(15)28-20(16)22-13-14-5-6-17(18(11-14)24(25)26)23-7-9-27-10-8-23/h5-6,11,13H,1-4,7-10H2/b22-13+. The van der Waals surface area contributed by atoms with Crippen molar-refractivity contribution >= 4 is 33.9 Å². The summed E-state index contributed by atoms with van der Waals surface area (Å²) in [6.07, 6.45) is 5.82. The third kappa shape index (κ3) is 3.63. The Labute approximate surface area is 167 Å². The van der Waals surface area contributed by atoms with Crippen LogP contribution in [0.1, 0.15) is 34.4 Å². The summed E-state index contributed by atoms with van der Waals surface area (Å²) in [5.74, 6) is 0. The summed E-state index contributed by atoms with van der Waals surface area (Å²) in [6, 6.07) is 7.45. The minimum Gasteiger partial charge on any atom is -0.378 e. The first-order valence-corrected chi connectivity index (χ1v) is 10.2. The average molecular weight is 396 g/mol. The van der Waals surface area contributed by atoms with Crippen LogP contribution in [-0.4, -0.2) is 37.4 Å². The van der Waals surface area contributed by atoms with Gasteiger partial charge in [0.25, 0.3) is 5.69 Å². The lowest BCUT2D eigenvalue weighted by atomic mass is 9.96. The van der Waals surface area contributed by atoms with Gasteiger partial charge >= 0.3 is 0 Å². The number of thiophene rings is 1. The molecule has 0 atom stereocenters. The van der Waals surface area contributed by atoms with Gasteiger partial charge in [-0.1, -0.05) is 6.07 Å². The van der Waals surface area contributed by atoms with Crippen molar-refractivity contribution in [3.8, 4) is 6.07 Å². The Morgan fingerprint density at radius 2 is 2.07 bits per heavy atom. The summed E-state index contributed by atoms with van der Waals surface area (Å²) >= 11 is 1.57. The molecular formula is C20H20N4O3S. The lowest BCUT2D eigenvalue weighted by Crippen LogP contribution is -2.36. The second-order valence-electron chi connectivity index (χ2n) is 6.87. The van der Waals surface area contributed by atoms with Crippen molar-refractivity contribution in [2.24, 2.45) is 4.99 Å². The highest BCUT2D eigenvalue weighted by Gasteiger charge is 2.22. The molecule has 0 amide bonds. The van der Waals surface area contributed by atoms with E-state index in [0.717, 1.165) is 31.2 Å². The molecule has 1 saturated heterocycles. The van der Waals surface area contributed by atoms with Gasteiger partial charge in [-0.3, -0.25) is 10.1 Å². The van der Waals surface area contributed by atoms with Gasteiger partial charge in [0.05, 0.1) is 23.7 Å². The quantitative estimate of drug-likeness (QED) is 0.443. The fourth-order valence-corrected chi connectivity index (χ4v) is 4.91. The number of morpholine rings is 1. The van der Waals surface area contributed by atoms with E-state index in [4.69, 9.17) is 4.74 Å². The van der Waals surface area contributed by atoms with Crippen LogP contribution < -0.4 is 4.90 Å². The number of benzene rings is 1. The molecule has 0 unspecified atom stereocenters. The molecule has 144 valence electrons. The zero-order chi connectivity index (χ0) is 19.5. The Kier molecular flexibility index (Phi) is 5.37. The highest BCUT2D eigenvalue weighted by atomic mass is 32.1. The number of nitriles is 1. The molecule has 1 aromatic carbocycles. The molecule has 4 rings (SSSR count). The predicted octanol–water partition coefficient (Wildman–Crippen LogP) is 3.99. The van der Waals surface area contributed by atoms with Gasteiger partial charge in [0.1, 0.15) is 16.8 Å². The molecule has 1 aliphatic carbocycles. The number of hydrogen-bond donors (Lipinski definition) is 0. The van der Waals surface area contributed by atoms with Crippen LogP contribution in [0.15, 0.2) is 23.2 Å². The first kappa shape index (κ1) is 18.6. The lowest BCUT2D eigenvalue weighted by molar-refractivity contribution is -0.384. The minimum absolute atomic E-state index is 0.0665. The Morgan fingerprint density at radius 1 is 1.29 bits per heavy atom. The molecule has 7 nitrogen and oxygen atoms in total. The molecule has 2 heterocycles. The number of nitrogens with zero attached hydrogens (tertiary/aromatic N) is 4. The summed E-state index contributed by atoms with van der Waals surface area (Å²) in [7, 11) is 0. The molecule has 1 fully saturated rings. The van der Waals surface area contributed by atoms with Gasteiger partial charge < -0.3 is 9.64 Å². The maximum absolute atomic E-state index is 11.6. The van der Waals surface area contributed by atoms with E-state index < -0.39 is 0 Å². The highest BCUT2D eigenvalue weighted by molar-refractivity contribution is 7.16. The summed E-state index contributed by atoms with van der Waals surface area (Å²) in [5.41, 5.74) is 3.13. The Balaban J connectivity index is 1.63. The zero-order valence-corrected chi connectivity index (χ0v) is 16.2. The van der Waals surface area contributed by atoms with Crippen molar-refractivity contribution in [3.63, 3.8) is 0 Å². The average Bonchev–Trinajstić information content (AvgIpc) is 3.10. The van der Waals surface area contributed by atoms with E-state index >= 15 is 0 Å². The second kappa shape index (κ2) is 8.09. The number of rotatable bonds is 4. The topological polar surface area (TPSA) is 91.8 Å². The normalized spacial score (nSPS) is 16.8. The zero-order valence-electron chi connectivity index (χ0n) is 15.4. The summed E-state index contributed by atoms with van der Waals surface area (Å²) in [5, 5.41) is 21.8. The van der Waals surface area contributed by atoms with Crippen LogP contribution in [0.3, 0.4) is 0 Å². The molecule has 8 heteroatoms. The van der Waals surface area contributed by atoms with Crippen molar-refractivity contribution in [3.05, 3.63) is 49.9 Å². The van der Waals surface area contributed by atoms with E-state index in [0.29, 0.717) is 48.1 Å². The molecular weight excluding hydrogens is 376 g/mol. The number of nitro groups is 1. The van der Waals surface area contributed by atoms with Crippen LogP contribution in [0, 0.1) is 21.4 Å². The number of fused-ring (bicyclic) bond motifs is 1. The molecule has 0 saturated carbocycles. The third-order valence-corrected chi connectivity index (χ3v) is 6.34. The van der Waals surface area contributed by atoms with Crippen molar-refractivity contribution in [1.29, 1.82) is 5.26 Å². The van der Waals surface area contributed by atoms with Crippen molar-refractivity contribution in [2.75, 3.05) is 31.2 Å². The molecule has 28 heavy (non-hydrogen) atoms. The smallest absolute Gasteiger partial charge is 0.293 e. The van der Waals surface area contributed by atoms with E-state index in [1.54, 1.807) is 29.7 Å². The van der Waals surface area contributed by atoms with Crippen LogP contribution in [0.2, 0.25) is 0 Å². The van der Waals surface area contributed by atoms with Gasteiger partial charge in [-0.15, -0.1) is 11.3 Å². The molecule has 2 aromatic rings. The number of hydrogen-bond acceptors (Lipinski definition) is 7. The van der Waals surface area contributed by atoms with Crippen LogP contribution in [0.4, 0.5) is 16.4 Å². The number of ether oxygens (including phenoxy) is 1. The van der Waals surface area contributed by atoms with Crippen molar-refractivity contribution in [2.45, 2.75) is 25.7 Å². The van der Waals surface area contributed by atoms with Crippen LogP contribution in [0.25, 0.3) is 0 Å². The third-order valence-electron chi connectivity index (χ3n) is 5.14. The molecule has 1 aliphatic heterocycles. The number of aryl methyl sites for hydroxylation is 1. The van der Waals surface area contributed by atoms with Crippen LogP contribution >= 0.6 is 11.3 Å². The van der Waals surface area contributed by atoms with E-state index in [1.165, 1.54) is 4.88 Å². The van der Waals surface area contributed by atoms with E-state index in [1.807, 2.05) is 11.0 Å². The van der Waals surface area contributed by atoms with Gasteiger partial charge in [0.15, 0.2) is 0 Å². The van der Waals surface area contributed by atoms with Crippen molar-refractivity contribution < 1.29 is 9.66 Å². The van der Waals surface area contributed by atoms with E-state index in [9.17, 15) is 15.4 Å². The van der Waals surface area contributed by atoms with E-state index in [-0.39, 0.29) is 10.6 Å². The fourth-order valence-electron chi connectivity index (χ4n) is 3.73. The van der Waals surface area contributed by atoms with Gasteiger partial charge in [-0.25, -0.2) is 4.99 Å². The summed E-state index contributed by atoms with van der Waals surface area (Å²) < 4.78 is 5.33. The first-order valence-electron chi connectivity index (χ1n) is 9.37. The van der Waals surface area contributed by atoms with E-state index in [2.05, 4.69) is 11.1 Å². The second-order valence-corrected chi connectivity index (χ2v) is 7.95. The molecule has 0 radical (unpaired) electrons. The summed E-state index contributed by atoms with van der Waals surface area (Å²) in [4.78, 5) is 19.0. The SMILES string of the molecule is N#Cc1c(/N=C/c2ccc(N3CCOCC3)c([N+](=O)[O-])c2)sc2c1CCCC2. The largest absolute Gasteiger partial charge is 0.378 e. The maximum atomic E-state index is 11.6. The lowest BCUT2D eigenvalue weighted by Gasteiger charge is -2.28. The monoisotopic (exact) mass is 396 g/mol. The van der Waals surface area contributed by atoms with Gasteiger partial charge in [0.2, 0.25) is 0 Å². The Hall–Kier alpha value is -2.76. The maximum Gasteiger partial charge on any atom is 0.293 e. The number of aliphatic imine (C=N–C) groups is 1. The molecule has 0 bridgehead atoms. The molecule has 1 aromatic heterocycles. The fraction of sp³-hybridized carbons (Fsp3) is 0.400. The Bertz CT molecular complexity index is 971.